The van der Waals surface area contributed by atoms with Crippen LogP contribution >= 0.6 is 0 Å². The summed E-state index contributed by atoms with van der Waals surface area (Å²) in [6.07, 6.45) is 0.284. The number of anilines is 1. The Hall–Kier alpha value is -3.14. The molecule has 0 saturated heterocycles. The molecule has 0 aliphatic rings. The van der Waals surface area contributed by atoms with E-state index in [1.54, 1.807) is 19.2 Å². The van der Waals surface area contributed by atoms with E-state index in [0.717, 1.165) is 22.6 Å². The summed E-state index contributed by atoms with van der Waals surface area (Å²) in [5, 5.41) is 3.34. The lowest BCUT2D eigenvalue weighted by atomic mass is 9.97. The van der Waals surface area contributed by atoms with E-state index in [1.165, 1.54) is 12.1 Å². The molecule has 1 unspecified atom stereocenters. The van der Waals surface area contributed by atoms with Crippen molar-refractivity contribution >= 4 is 11.5 Å². The summed E-state index contributed by atoms with van der Waals surface area (Å²) in [6.45, 7) is 1.99. The van der Waals surface area contributed by atoms with Gasteiger partial charge in [0, 0.05) is 17.7 Å². The number of rotatable bonds is 7. The van der Waals surface area contributed by atoms with Crippen LogP contribution in [0.4, 0.5) is 10.1 Å². The largest absolute Gasteiger partial charge is 0.497 e. The molecule has 3 rings (SSSR count). The Balaban J connectivity index is 1.84. The highest BCUT2D eigenvalue weighted by Crippen LogP contribution is 2.26. The highest BCUT2D eigenvalue weighted by molar-refractivity contribution is 5.96. The zero-order valence-corrected chi connectivity index (χ0v) is 15.4. The smallest absolute Gasteiger partial charge is 0.165 e. The van der Waals surface area contributed by atoms with E-state index in [-0.39, 0.29) is 24.1 Å². The van der Waals surface area contributed by atoms with Crippen molar-refractivity contribution in [2.24, 2.45) is 0 Å². The molecule has 1 N–H and O–H groups in total. The molecule has 3 aromatic rings. The third-order valence-electron chi connectivity index (χ3n) is 4.47. The summed E-state index contributed by atoms with van der Waals surface area (Å²) in [6, 6.07) is 21.1. The lowest BCUT2D eigenvalue weighted by Gasteiger charge is -2.20. The molecule has 138 valence electrons. The minimum Gasteiger partial charge on any atom is -0.497 e. The number of hydrogen-bond acceptors (Lipinski definition) is 3. The summed E-state index contributed by atoms with van der Waals surface area (Å²) >= 11 is 0. The highest BCUT2D eigenvalue weighted by Gasteiger charge is 2.17. The van der Waals surface area contributed by atoms with Crippen molar-refractivity contribution in [3.8, 4) is 5.75 Å². The van der Waals surface area contributed by atoms with Gasteiger partial charge in [-0.15, -0.1) is 0 Å². The number of carbonyl (C=O) groups is 1. The minimum atomic E-state index is -0.294. The number of methoxy groups -OCH3 is 1. The number of Topliss-reactive ketones (excluding diaryl/α,β-unsaturated/α-hetero) is 1. The van der Waals surface area contributed by atoms with E-state index >= 15 is 0 Å². The summed E-state index contributed by atoms with van der Waals surface area (Å²) in [4.78, 5) is 12.8. The maximum Gasteiger partial charge on any atom is 0.165 e. The molecule has 0 heterocycles. The van der Waals surface area contributed by atoms with Crippen molar-refractivity contribution in [1.29, 1.82) is 0 Å². The topological polar surface area (TPSA) is 38.3 Å². The van der Waals surface area contributed by atoms with E-state index in [2.05, 4.69) is 5.32 Å². The van der Waals surface area contributed by atoms with Crippen molar-refractivity contribution < 1.29 is 13.9 Å². The van der Waals surface area contributed by atoms with Crippen molar-refractivity contribution in [2.75, 3.05) is 12.4 Å². The molecule has 0 aromatic heterocycles. The van der Waals surface area contributed by atoms with Gasteiger partial charge in [-0.05, 0) is 48.9 Å². The molecule has 0 spiro atoms. The van der Waals surface area contributed by atoms with Gasteiger partial charge in [0.15, 0.2) is 5.78 Å². The molecule has 0 aliphatic heterocycles. The van der Waals surface area contributed by atoms with Gasteiger partial charge < -0.3 is 10.1 Å². The van der Waals surface area contributed by atoms with Crippen LogP contribution in [0.25, 0.3) is 0 Å². The van der Waals surface area contributed by atoms with Crippen LogP contribution in [-0.4, -0.2) is 12.9 Å². The molecular weight excluding hydrogens is 341 g/mol. The van der Waals surface area contributed by atoms with Crippen LogP contribution in [0, 0.1) is 12.7 Å². The van der Waals surface area contributed by atoms with Gasteiger partial charge in [0.1, 0.15) is 11.6 Å². The molecule has 0 bridgehead atoms. The number of halogens is 1. The highest BCUT2D eigenvalue weighted by atomic mass is 19.1. The Morgan fingerprint density at radius 3 is 2.19 bits per heavy atom. The fourth-order valence-electron chi connectivity index (χ4n) is 2.88. The van der Waals surface area contributed by atoms with Crippen LogP contribution in [0.3, 0.4) is 0 Å². The molecule has 27 heavy (non-hydrogen) atoms. The molecule has 0 aliphatic carbocycles. The van der Waals surface area contributed by atoms with E-state index in [9.17, 15) is 9.18 Å². The average Bonchev–Trinajstić information content (AvgIpc) is 2.69. The van der Waals surface area contributed by atoms with Crippen molar-refractivity contribution in [2.45, 2.75) is 19.4 Å². The SMILES string of the molecule is COc1ccc(C(CC(=O)c2ccc(C)cc2)Nc2ccc(F)cc2)cc1. The van der Waals surface area contributed by atoms with Crippen molar-refractivity contribution in [3.05, 3.63) is 95.3 Å². The monoisotopic (exact) mass is 363 g/mol. The first-order valence-corrected chi connectivity index (χ1v) is 8.81. The van der Waals surface area contributed by atoms with Crippen LogP contribution in [0.15, 0.2) is 72.8 Å². The van der Waals surface area contributed by atoms with Gasteiger partial charge in [0.25, 0.3) is 0 Å². The molecule has 3 nitrogen and oxygen atoms in total. The summed E-state index contributed by atoms with van der Waals surface area (Å²) < 4.78 is 18.4. The maximum absolute atomic E-state index is 13.2. The Labute approximate surface area is 158 Å². The molecule has 0 fully saturated rings. The second-order valence-electron chi connectivity index (χ2n) is 6.47. The van der Waals surface area contributed by atoms with Crippen LogP contribution in [0.5, 0.6) is 5.75 Å². The first-order valence-electron chi connectivity index (χ1n) is 8.81. The summed E-state index contributed by atoms with van der Waals surface area (Å²) in [7, 11) is 1.62. The Bertz CT molecular complexity index is 887. The summed E-state index contributed by atoms with van der Waals surface area (Å²) in [5.41, 5.74) is 3.51. The van der Waals surface area contributed by atoms with Gasteiger partial charge in [-0.2, -0.15) is 0 Å². The number of aryl methyl sites for hydroxylation is 1. The molecule has 0 radical (unpaired) electrons. The van der Waals surface area contributed by atoms with E-state index in [1.807, 2.05) is 55.5 Å². The zero-order valence-electron chi connectivity index (χ0n) is 15.4. The van der Waals surface area contributed by atoms with Gasteiger partial charge >= 0.3 is 0 Å². The number of hydrogen-bond donors (Lipinski definition) is 1. The quantitative estimate of drug-likeness (QED) is 0.558. The molecule has 1 atom stereocenters. The zero-order chi connectivity index (χ0) is 19.2. The van der Waals surface area contributed by atoms with Gasteiger partial charge in [-0.25, -0.2) is 4.39 Å². The van der Waals surface area contributed by atoms with Crippen molar-refractivity contribution in [3.63, 3.8) is 0 Å². The van der Waals surface area contributed by atoms with Crippen molar-refractivity contribution in [1.82, 2.24) is 0 Å². The number of ether oxygens (including phenoxy) is 1. The maximum atomic E-state index is 13.2. The van der Waals surface area contributed by atoms with Gasteiger partial charge in [-0.1, -0.05) is 42.0 Å². The van der Waals surface area contributed by atoms with Gasteiger partial charge in [0.2, 0.25) is 0 Å². The molecule has 4 heteroatoms. The second-order valence-corrected chi connectivity index (χ2v) is 6.47. The van der Waals surface area contributed by atoms with E-state index in [4.69, 9.17) is 4.74 Å². The normalized spacial score (nSPS) is 11.7. The Morgan fingerprint density at radius 2 is 1.59 bits per heavy atom. The average molecular weight is 363 g/mol. The predicted molar refractivity (Wildman–Crippen MR) is 106 cm³/mol. The van der Waals surface area contributed by atoms with Crippen LogP contribution in [0.1, 0.15) is 33.9 Å². The fourth-order valence-corrected chi connectivity index (χ4v) is 2.88. The van der Waals surface area contributed by atoms with Crippen LogP contribution in [-0.2, 0) is 0 Å². The van der Waals surface area contributed by atoms with Crippen LogP contribution in [0.2, 0.25) is 0 Å². The first-order chi connectivity index (χ1) is 13.0. The summed E-state index contributed by atoms with van der Waals surface area (Å²) in [5.74, 6) is 0.506. The third kappa shape index (κ3) is 4.94. The number of benzene rings is 3. The minimum absolute atomic E-state index is 0.0467. The first kappa shape index (κ1) is 18.6. The molecular formula is C23H22FNO2. The molecule has 3 aromatic carbocycles. The number of ketones is 1. The Morgan fingerprint density at radius 1 is 0.963 bits per heavy atom. The predicted octanol–water partition coefficient (Wildman–Crippen LogP) is 5.57. The number of carbonyl (C=O) groups excluding carboxylic acids is 1. The standard InChI is InChI=1S/C23H22FNO2/c1-16-3-5-18(6-4-16)23(26)15-22(17-7-13-21(27-2)14-8-17)25-20-11-9-19(24)10-12-20/h3-14,22,25H,15H2,1-2H3. The number of nitrogens with one attached hydrogen (secondary N) is 1. The molecule has 0 saturated carbocycles. The fraction of sp³-hybridized carbons (Fsp3) is 0.174. The third-order valence-corrected chi connectivity index (χ3v) is 4.47. The lowest BCUT2D eigenvalue weighted by Crippen LogP contribution is -2.16. The van der Waals surface area contributed by atoms with Gasteiger partial charge in [0.05, 0.1) is 13.2 Å². The van der Waals surface area contributed by atoms with E-state index < -0.39 is 0 Å². The van der Waals surface area contributed by atoms with E-state index in [0.29, 0.717) is 5.56 Å². The Kier molecular flexibility index (Phi) is 5.87. The van der Waals surface area contributed by atoms with Crippen LogP contribution < -0.4 is 10.1 Å². The lowest BCUT2D eigenvalue weighted by molar-refractivity contribution is 0.0976. The molecule has 0 amide bonds. The second kappa shape index (κ2) is 8.49. The van der Waals surface area contributed by atoms with Gasteiger partial charge in [-0.3, -0.25) is 4.79 Å².